The van der Waals surface area contributed by atoms with Crippen LogP contribution in [0.1, 0.15) is 16.9 Å². The Hall–Kier alpha value is -0.780. The second-order valence-corrected chi connectivity index (χ2v) is 4.50. The van der Waals surface area contributed by atoms with Crippen molar-refractivity contribution in [2.45, 2.75) is 11.4 Å². The number of hydrogen-bond acceptors (Lipinski definition) is 4. The van der Waals surface area contributed by atoms with Crippen LogP contribution in [0.15, 0.2) is 17.2 Å². The first-order valence-electron chi connectivity index (χ1n) is 4.66. The molecule has 0 aliphatic rings. The summed E-state index contributed by atoms with van der Waals surface area (Å²) >= 11 is 7.19. The molecule has 0 saturated heterocycles. The largest absolute Gasteiger partial charge is 0.476 e. The third-order valence-corrected chi connectivity index (χ3v) is 3.09. The molecule has 1 rings (SSSR count). The fourth-order valence-corrected chi connectivity index (χ4v) is 2.01. The highest BCUT2D eigenvalue weighted by atomic mass is 35.5. The summed E-state index contributed by atoms with van der Waals surface area (Å²) in [7, 11) is 1.65. The first kappa shape index (κ1) is 13.3. The average Bonchev–Trinajstić information content (AvgIpc) is 2.26. The maximum atomic E-state index is 10.8. The van der Waals surface area contributed by atoms with E-state index in [1.165, 1.54) is 11.8 Å². The number of rotatable bonds is 6. The third-order valence-electron chi connectivity index (χ3n) is 1.77. The zero-order chi connectivity index (χ0) is 12.0. The molecule has 0 aliphatic heterocycles. The van der Waals surface area contributed by atoms with Crippen molar-refractivity contribution in [2.24, 2.45) is 0 Å². The van der Waals surface area contributed by atoms with Crippen molar-refractivity contribution < 1.29 is 14.6 Å². The normalized spacial score (nSPS) is 10.4. The van der Waals surface area contributed by atoms with Crippen LogP contribution in [-0.4, -0.2) is 35.5 Å². The monoisotopic (exact) mass is 261 g/mol. The average molecular weight is 262 g/mol. The van der Waals surface area contributed by atoms with E-state index in [4.69, 9.17) is 21.4 Å². The van der Waals surface area contributed by atoms with Crippen molar-refractivity contribution in [1.82, 2.24) is 4.98 Å². The number of aromatic carboxylic acids is 1. The van der Waals surface area contributed by atoms with Crippen LogP contribution in [0.5, 0.6) is 0 Å². The molecule has 1 heterocycles. The summed E-state index contributed by atoms with van der Waals surface area (Å²) in [6.45, 7) is 0.687. The van der Waals surface area contributed by atoms with Gasteiger partial charge in [-0.3, -0.25) is 0 Å². The highest BCUT2D eigenvalue weighted by Crippen LogP contribution is 2.21. The van der Waals surface area contributed by atoms with E-state index in [-0.39, 0.29) is 10.7 Å². The number of nitrogens with zero attached hydrogens (tertiary/aromatic N) is 1. The summed E-state index contributed by atoms with van der Waals surface area (Å²) < 4.78 is 4.91. The van der Waals surface area contributed by atoms with Gasteiger partial charge in [-0.25, -0.2) is 9.78 Å². The van der Waals surface area contributed by atoms with E-state index in [2.05, 4.69) is 4.98 Å². The first-order chi connectivity index (χ1) is 7.65. The van der Waals surface area contributed by atoms with Crippen molar-refractivity contribution in [3.63, 3.8) is 0 Å². The van der Waals surface area contributed by atoms with Gasteiger partial charge in [-0.05, 0) is 18.6 Å². The van der Waals surface area contributed by atoms with Crippen LogP contribution in [0.25, 0.3) is 0 Å². The Balaban J connectivity index is 2.61. The molecule has 0 atom stereocenters. The number of hydrogen-bond donors (Lipinski definition) is 1. The number of methoxy groups -OCH3 is 1. The van der Waals surface area contributed by atoms with E-state index in [9.17, 15) is 4.79 Å². The minimum atomic E-state index is -1.11. The Morgan fingerprint density at radius 2 is 2.38 bits per heavy atom. The molecule has 0 aliphatic carbocycles. The number of halogens is 1. The van der Waals surface area contributed by atoms with Gasteiger partial charge in [0.05, 0.1) is 10.0 Å². The number of carboxylic acids is 1. The molecule has 0 amide bonds. The second-order valence-electron chi connectivity index (χ2n) is 2.98. The van der Waals surface area contributed by atoms with Crippen molar-refractivity contribution in [1.29, 1.82) is 0 Å². The van der Waals surface area contributed by atoms with Gasteiger partial charge in [0.2, 0.25) is 0 Å². The molecule has 0 saturated carbocycles. The van der Waals surface area contributed by atoms with Crippen molar-refractivity contribution in [3.8, 4) is 0 Å². The molecule has 0 fully saturated rings. The van der Waals surface area contributed by atoms with E-state index in [0.29, 0.717) is 11.6 Å². The molecule has 6 heteroatoms. The minimum Gasteiger partial charge on any atom is -0.476 e. The summed E-state index contributed by atoms with van der Waals surface area (Å²) in [5.41, 5.74) is -0.0987. The van der Waals surface area contributed by atoms with Crippen molar-refractivity contribution in [3.05, 3.63) is 22.8 Å². The maximum Gasteiger partial charge on any atom is 0.356 e. The molecule has 1 aromatic heterocycles. The summed E-state index contributed by atoms with van der Waals surface area (Å²) in [5, 5.41) is 9.65. The molecule has 1 aromatic rings. The van der Waals surface area contributed by atoms with Crippen LogP contribution in [0.4, 0.5) is 0 Å². The fourth-order valence-electron chi connectivity index (χ4n) is 1.03. The zero-order valence-electron chi connectivity index (χ0n) is 8.77. The first-order valence-corrected chi connectivity index (χ1v) is 6.03. The molecule has 0 bridgehead atoms. The van der Waals surface area contributed by atoms with Crippen LogP contribution < -0.4 is 0 Å². The molecule has 1 N–H and O–H groups in total. The van der Waals surface area contributed by atoms with Crippen molar-refractivity contribution >= 4 is 29.3 Å². The Bertz CT molecular complexity index is 373. The molecular weight excluding hydrogens is 250 g/mol. The van der Waals surface area contributed by atoms with E-state index in [1.807, 2.05) is 0 Å². The van der Waals surface area contributed by atoms with Gasteiger partial charge in [0.15, 0.2) is 5.69 Å². The van der Waals surface area contributed by atoms with Gasteiger partial charge in [0.25, 0.3) is 0 Å². The summed E-state index contributed by atoms with van der Waals surface area (Å²) in [5.74, 6) is -0.272. The molecule has 0 radical (unpaired) electrons. The Morgan fingerprint density at radius 1 is 1.62 bits per heavy atom. The molecule has 4 nitrogen and oxygen atoms in total. The van der Waals surface area contributed by atoms with Gasteiger partial charge in [0, 0.05) is 19.5 Å². The predicted molar refractivity (Wildman–Crippen MR) is 63.4 cm³/mol. The van der Waals surface area contributed by atoms with E-state index < -0.39 is 5.97 Å². The Morgan fingerprint density at radius 3 is 3.00 bits per heavy atom. The molecule has 0 unspecified atom stereocenters. The smallest absolute Gasteiger partial charge is 0.356 e. The van der Waals surface area contributed by atoms with Crippen molar-refractivity contribution in [2.75, 3.05) is 19.5 Å². The van der Waals surface area contributed by atoms with Gasteiger partial charge in [0.1, 0.15) is 0 Å². The maximum absolute atomic E-state index is 10.8. The topological polar surface area (TPSA) is 59.4 Å². The van der Waals surface area contributed by atoms with Gasteiger partial charge in [-0.1, -0.05) is 11.6 Å². The van der Waals surface area contributed by atoms with E-state index >= 15 is 0 Å². The SMILES string of the molecule is COCCCSc1ccc(Cl)c(C(=O)O)n1. The molecule has 0 spiro atoms. The van der Waals surface area contributed by atoms with Crippen LogP contribution in [0.2, 0.25) is 5.02 Å². The number of thioether (sulfide) groups is 1. The van der Waals surface area contributed by atoms with E-state index in [0.717, 1.165) is 12.2 Å². The number of carbonyl (C=O) groups is 1. The van der Waals surface area contributed by atoms with Crippen LogP contribution in [0.3, 0.4) is 0 Å². The quantitative estimate of drug-likeness (QED) is 0.630. The summed E-state index contributed by atoms with van der Waals surface area (Å²) in [4.78, 5) is 14.7. The second kappa shape index (κ2) is 6.73. The van der Waals surface area contributed by atoms with Gasteiger partial charge in [-0.2, -0.15) is 0 Å². The van der Waals surface area contributed by atoms with Gasteiger partial charge >= 0.3 is 5.97 Å². The van der Waals surface area contributed by atoms with E-state index in [1.54, 1.807) is 19.2 Å². The third kappa shape index (κ3) is 4.00. The number of carboxylic acid groups (broad SMARTS) is 1. The zero-order valence-corrected chi connectivity index (χ0v) is 10.3. The molecule has 16 heavy (non-hydrogen) atoms. The number of aromatic nitrogens is 1. The Kier molecular flexibility index (Phi) is 5.59. The number of ether oxygens (including phenoxy) is 1. The Labute approximate surface area is 103 Å². The lowest BCUT2D eigenvalue weighted by Gasteiger charge is -2.03. The minimum absolute atomic E-state index is 0.0987. The van der Waals surface area contributed by atoms with Crippen LogP contribution in [0, 0.1) is 0 Å². The highest BCUT2D eigenvalue weighted by molar-refractivity contribution is 7.99. The van der Waals surface area contributed by atoms with Gasteiger partial charge < -0.3 is 9.84 Å². The lowest BCUT2D eigenvalue weighted by molar-refractivity contribution is 0.0690. The lowest BCUT2D eigenvalue weighted by Crippen LogP contribution is -2.02. The van der Waals surface area contributed by atoms with Crippen LogP contribution in [-0.2, 0) is 4.74 Å². The van der Waals surface area contributed by atoms with Gasteiger partial charge in [-0.15, -0.1) is 11.8 Å². The number of pyridine rings is 1. The van der Waals surface area contributed by atoms with Crippen LogP contribution >= 0.6 is 23.4 Å². The molecular formula is C10H12ClNO3S. The molecule has 88 valence electrons. The fraction of sp³-hybridized carbons (Fsp3) is 0.400. The highest BCUT2D eigenvalue weighted by Gasteiger charge is 2.11. The lowest BCUT2D eigenvalue weighted by atomic mass is 10.3. The standard InChI is InChI=1S/C10H12ClNO3S/c1-15-5-2-6-16-8-4-3-7(11)9(12-8)10(13)14/h3-4H,2,5-6H2,1H3,(H,13,14). The summed E-state index contributed by atoms with van der Waals surface area (Å²) in [6.07, 6.45) is 0.897. The predicted octanol–water partition coefficient (Wildman–Crippen LogP) is 2.56. The summed E-state index contributed by atoms with van der Waals surface area (Å²) in [6, 6.07) is 3.27. The molecule has 0 aromatic carbocycles.